The molecular weight excluding hydrogens is 224 g/mol. The van der Waals surface area contributed by atoms with E-state index in [1.165, 1.54) is 19.1 Å². The monoisotopic (exact) mass is 248 g/mol. The molecule has 2 N–H and O–H groups in total. The van der Waals surface area contributed by atoms with Gasteiger partial charge in [0.1, 0.15) is 9.84 Å². The molecule has 1 aliphatic heterocycles. The first kappa shape index (κ1) is 13.9. The van der Waals surface area contributed by atoms with E-state index in [2.05, 4.69) is 11.8 Å². The molecule has 0 saturated carbocycles. The number of nitrogens with two attached hydrogens (primary N) is 1. The van der Waals surface area contributed by atoms with Gasteiger partial charge in [-0.1, -0.05) is 13.3 Å². The standard InChI is InChI=1S/C11H24N2O2S/c1-3-10-4-5-13(11(8-10)9-12)6-7-16(2,14)15/h10-11H,3-9,12H2,1-2H3. The van der Waals surface area contributed by atoms with Crippen LogP contribution in [0, 0.1) is 5.92 Å². The minimum atomic E-state index is -2.86. The third-order valence-electron chi connectivity index (χ3n) is 3.55. The lowest BCUT2D eigenvalue weighted by Crippen LogP contribution is -2.48. The van der Waals surface area contributed by atoms with Crippen molar-refractivity contribution in [2.45, 2.75) is 32.2 Å². The van der Waals surface area contributed by atoms with Crippen molar-refractivity contribution in [1.29, 1.82) is 0 Å². The predicted molar refractivity (Wildman–Crippen MR) is 67.1 cm³/mol. The van der Waals surface area contributed by atoms with Crippen molar-refractivity contribution in [3.05, 3.63) is 0 Å². The van der Waals surface area contributed by atoms with Crippen LogP contribution in [0.5, 0.6) is 0 Å². The average Bonchev–Trinajstić information content (AvgIpc) is 2.25. The smallest absolute Gasteiger partial charge is 0.148 e. The summed E-state index contributed by atoms with van der Waals surface area (Å²) in [6.45, 7) is 4.48. The van der Waals surface area contributed by atoms with Gasteiger partial charge in [0, 0.05) is 25.4 Å². The minimum absolute atomic E-state index is 0.250. The van der Waals surface area contributed by atoms with Gasteiger partial charge in [-0.25, -0.2) is 8.42 Å². The number of hydrogen-bond acceptors (Lipinski definition) is 4. The molecule has 0 bridgehead atoms. The Kier molecular flexibility index (Phi) is 5.21. The number of sulfone groups is 1. The molecule has 1 rings (SSSR count). The summed E-state index contributed by atoms with van der Waals surface area (Å²) in [6, 6.07) is 0.375. The van der Waals surface area contributed by atoms with Crippen molar-refractivity contribution in [1.82, 2.24) is 4.90 Å². The number of rotatable bonds is 5. The molecule has 0 amide bonds. The Balaban J connectivity index is 2.47. The lowest BCUT2D eigenvalue weighted by molar-refractivity contribution is 0.122. The van der Waals surface area contributed by atoms with Crippen LogP contribution < -0.4 is 5.73 Å². The summed E-state index contributed by atoms with van der Waals surface area (Å²) < 4.78 is 22.3. The first-order chi connectivity index (χ1) is 7.46. The Morgan fingerprint density at radius 2 is 2.12 bits per heavy atom. The summed E-state index contributed by atoms with van der Waals surface area (Å²) >= 11 is 0. The summed E-state index contributed by atoms with van der Waals surface area (Å²) in [6.07, 6.45) is 4.80. The number of piperidine rings is 1. The van der Waals surface area contributed by atoms with Gasteiger partial charge in [-0.15, -0.1) is 0 Å². The molecule has 1 saturated heterocycles. The Bertz CT molecular complexity index is 303. The van der Waals surface area contributed by atoms with Gasteiger partial charge in [-0.05, 0) is 25.3 Å². The zero-order valence-corrected chi connectivity index (χ0v) is 11.2. The van der Waals surface area contributed by atoms with Crippen molar-refractivity contribution in [3.63, 3.8) is 0 Å². The quantitative estimate of drug-likeness (QED) is 0.768. The molecule has 2 unspecified atom stereocenters. The van der Waals surface area contributed by atoms with Gasteiger partial charge >= 0.3 is 0 Å². The zero-order valence-electron chi connectivity index (χ0n) is 10.4. The van der Waals surface area contributed by atoms with E-state index in [9.17, 15) is 8.42 Å². The number of nitrogens with zero attached hydrogens (tertiary/aromatic N) is 1. The maximum atomic E-state index is 11.1. The van der Waals surface area contributed by atoms with Crippen LogP contribution in [0.15, 0.2) is 0 Å². The molecule has 2 atom stereocenters. The molecule has 1 fully saturated rings. The van der Waals surface area contributed by atoms with Crippen LogP contribution in [0.25, 0.3) is 0 Å². The van der Waals surface area contributed by atoms with E-state index >= 15 is 0 Å². The summed E-state index contributed by atoms with van der Waals surface area (Å²) in [5.41, 5.74) is 5.76. The van der Waals surface area contributed by atoms with Crippen LogP contribution in [0.1, 0.15) is 26.2 Å². The molecule has 0 aromatic carbocycles. The topological polar surface area (TPSA) is 63.4 Å². The van der Waals surface area contributed by atoms with E-state index in [1.54, 1.807) is 0 Å². The van der Waals surface area contributed by atoms with E-state index in [-0.39, 0.29) is 5.75 Å². The van der Waals surface area contributed by atoms with E-state index in [4.69, 9.17) is 5.73 Å². The molecule has 0 spiro atoms. The second kappa shape index (κ2) is 5.98. The molecule has 96 valence electrons. The Morgan fingerprint density at radius 3 is 2.62 bits per heavy atom. The zero-order chi connectivity index (χ0) is 12.2. The van der Waals surface area contributed by atoms with Crippen molar-refractivity contribution in [2.75, 3.05) is 31.6 Å². The molecule has 0 aliphatic carbocycles. The lowest BCUT2D eigenvalue weighted by atomic mass is 9.89. The second-order valence-electron chi connectivity index (χ2n) is 4.85. The van der Waals surface area contributed by atoms with Crippen LogP contribution in [-0.2, 0) is 9.84 Å². The van der Waals surface area contributed by atoms with Crippen LogP contribution in [0.2, 0.25) is 0 Å². The maximum Gasteiger partial charge on any atom is 0.148 e. The number of likely N-dealkylation sites (tertiary alicyclic amines) is 1. The van der Waals surface area contributed by atoms with Gasteiger partial charge < -0.3 is 5.73 Å². The largest absolute Gasteiger partial charge is 0.329 e. The van der Waals surface area contributed by atoms with Crippen molar-refractivity contribution in [2.24, 2.45) is 11.7 Å². The molecule has 1 heterocycles. The van der Waals surface area contributed by atoms with E-state index in [0.29, 0.717) is 19.1 Å². The van der Waals surface area contributed by atoms with E-state index < -0.39 is 9.84 Å². The van der Waals surface area contributed by atoms with Crippen molar-refractivity contribution < 1.29 is 8.42 Å². The number of hydrogen-bond donors (Lipinski definition) is 1. The van der Waals surface area contributed by atoms with E-state index in [1.807, 2.05) is 0 Å². The Hall–Kier alpha value is -0.130. The third-order valence-corrected chi connectivity index (χ3v) is 4.47. The summed E-state index contributed by atoms with van der Waals surface area (Å²) in [5.74, 6) is 1.02. The highest BCUT2D eigenvalue weighted by molar-refractivity contribution is 7.90. The van der Waals surface area contributed by atoms with Gasteiger partial charge in [0.2, 0.25) is 0 Å². The third kappa shape index (κ3) is 4.39. The highest BCUT2D eigenvalue weighted by atomic mass is 32.2. The normalized spacial score (nSPS) is 28.2. The fourth-order valence-electron chi connectivity index (χ4n) is 2.38. The lowest BCUT2D eigenvalue weighted by Gasteiger charge is -2.38. The summed E-state index contributed by atoms with van der Waals surface area (Å²) in [5, 5.41) is 0. The first-order valence-electron chi connectivity index (χ1n) is 6.08. The summed E-state index contributed by atoms with van der Waals surface area (Å²) in [4.78, 5) is 2.24. The predicted octanol–water partition coefficient (Wildman–Crippen LogP) is 0.480. The van der Waals surface area contributed by atoms with Crippen LogP contribution in [-0.4, -0.2) is 51.0 Å². The molecule has 16 heavy (non-hydrogen) atoms. The molecule has 0 aromatic heterocycles. The van der Waals surface area contributed by atoms with Crippen LogP contribution in [0.3, 0.4) is 0 Å². The van der Waals surface area contributed by atoms with Crippen molar-refractivity contribution in [3.8, 4) is 0 Å². The summed E-state index contributed by atoms with van der Waals surface area (Å²) in [7, 11) is -2.86. The fourth-order valence-corrected chi connectivity index (χ4v) is 2.94. The molecule has 1 aliphatic rings. The SMILES string of the molecule is CCC1CCN(CCS(C)(=O)=O)C(CN)C1. The second-order valence-corrected chi connectivity index (χ2v) is 7.11. The Labute approximate surface area is 99.1 Å². The molecule has 5 heteroatoms. The average molecular weight is 248 g/mol. The van der Waals surface area contributed by atoms with Crippen LogP contribution in [0.4, 0.5) is 0 Å². The molecule has 0 radical (unpaired) electrons. The van der Waals surface area contributed by atoms with Gasteiger partial charge in [-0.2, -0.15) is 0 Å². The highest BCUT2D eigenvalue weighted by Crippen LogP contribution is 2.24. The Morgan fingerprint density at radius 1 is 1.44 bits per heavy atom. The van der Waals surface area contributed by atoms with E-state index in [0.717, 1.165) is 18.9 Å². The first-order valence-corrected chi connectivity index (χ1v) is 8.14. The van der Waals surface area contributed by atoms with Crippen molar-refractivity contribution >= 4 is 9.84 Å². The van der Waals surface area contributed by atoms with Gasteiger partial charge in [0.15, 0.2) is 0 Å². The molecule has 0 aromatic rings. The fraction of sp³-hybridized carbons (Fsp3) is 1.00. The molecule has 4 nitrogen and oxygen atoms in total. The van der Waals surface area contributed by atoms with Gasteiger partial charge in [-0.3, -0.25) is 4.90 Å². The minimum Gasteiger partial charge on any atom is -0.329 e. The van der Waals surface area contributed by atoms with Crippen LogP contribution >= 0.6 is 0 Å². The highest BCUT2D eigenvalue weighted by Gasteiger charge is 2.26. The molecular formula is C11H24N2O2S. The van der Waals surface area contributed by atoms with Gasteiger partial charge in [0.05, 0.1) is 5.75 Å². The maximum absolute atomic E-state index is 11.1. The van der Waals surface area contributed by atoms with Gasteiger partial charge in [0.25, 0.3) is 0 Å².